The molecule has 0 bridgehead atoms. The van der Waals surface area contributed by atoms with Crippen molar-refractivity contribution in [2.24, 2.45) is 5.14 Å². The van der Waals surface area contributed by atoms with Crippen molar-refractivity contribution in [3.05, 3.63) is 71.9 Å². The van der Waals surface area contributed by atoms with Gasteiger partial charge < -0.3 is 5.32 Å². The molecule has 0 amide bonds. The van der Waals surface area contributed by atoms with Crippen molar-refractivity contribution in [3.8, 4) is 34.2 Å². The van der Waals surface area contributed by atoms with Crippen LogP contribution in [0, 0.1) is 12.3 Å². The quantitative estimate of drug-likeness (QED) is 0.419. The van der Waals surface area contributed by atoms with Crippen LogP contribution in [0.5, 0.6) is 0 Å². The molecular formula is C21H15N5O2S2. The van der Waals surface area contributed by atoms with Gasteiger partial charge in [0, 0.05) is 29.2 Å². The third-order valence-corrected chi connectivity index (χ3v) is 6.07. The highest BCUT2D eigenvalue weighted by molar-refractivity contribution is 7.89. The monoisotopic (exact) mass is 433 g/mol. The van der Waals surface area contributed by atoms with Gasteiger partial charge in [-0.25, -0.2) is 23.5 Å². The van der Waals surface area contributed by atoms with Crippen molar-refractivity contribution in [2.75, 3.05) is 5.32 Å². The molecule has 0 fully saturated rings. The summed E-state index contributed by atoms with van der Waals surface area (Å²) in [5.41, 5.74) is 4.63. The number of fused-ring (bicyclic) bond motifs is 1. The number of anilines is 2. The molecule has 30 heavy (non-hydrogen) atoms. The van der Waals surface area contributed by atoms with Crippen LogP contribution in [0.2, 0.25) is 0 Å². The lowest BCUT2D eigenvalue weighted by Gasteiger charge is -2.08. The molecular weight excluding hydrogens is 418 g/mol. The standard InChI is InChI=1S/C16H12N4O2S2.C5H3N/c1-2-11-8-10-23-15(11)14-7-9-18-16(20-14)19-12-3-5-13(6-4-12)24(17,21)22;1-2-5-4(1)3-6-5/h1,3-10H,(H2,17,21,22)(H,18,19,20);1-3H. The number of terminal acetylenes is 1. The van der Waals surface area contributed by atoms with Gasteiger partial charge in [-0.05, 0) is 53.9 Å². The Morgan fingerprint density at radius 2 is 1.77 bits per heavy atom. The summed E-state index contributed by atoms with van der Waals surface area (Å²) in [5.74, 6) is 3.01. The van der Waals surface area contributed by atoms with Crippen molar-refractivity contribution < 1.29 is 8.42 Å². The molecule has 7 nitrogen and oxygen atoms in total. The molecule has 0 spiro atoms. The molecule has 1 aliphatic heterocycles. The molecule has 3 heterocycles. The number of nitrogens with zero attached hydrogens (tertiary/aromatic N) is 3. The number of sulfonamides is 1. The normalized spacial score (nSPS) is 11.1. The Balaban J connectivity index is 0.000000305. The summed E-state index contributed by atoms with van der Waals surface area (Å²) in [6.07, 6.45) is 8.98. The number of hydrogen-bond acceptors (Lipinski definition) is 7. The van der Waals surface area contributed by atoms with Crippen LogP contribution in [0.3, 0.4) is 0 Å². The molecule has 3 N–H and O–H groups in total. The fourth-order valence-electron chi connectivity index (χ4n) is 2.58. The Morgan fingerprint density at radius 3 is 2.30 bits per heavy atom. The minimum absolute atomic E-state index is 0.0416. The summed E-state index contributed by atoms with van der Waals surface area (Å²) in [4.78, 5) is 13.4. The molecule has 1 aromatic carbocycles. The smallest absolute Gasteiger partial charge is 0.238 e. The average molecular weight is 434 g/mol. The molecule has 0 unspecified atom stereocenters. The number of benzene rings is 1. The lowest BCUT2D eigenvalue weighted by molar-refractivity contribution is 0.598. The van der Waals surface area contributed by atoms with Crippen LogP contribution in [0.15, 0.2) is 71.2 Å². The van der Waals surface area contributed by atoms with Crippen molar-refractivity contribution in [1.29, 1.82) is 0 Å². The number of nitrogens with two attached hydrogens (primary N) is 1. The zero-order valence-corrected chi connectivity index (χ0v) is 17.1. The molecule has 2 aromatic heterocycles. The van der Waals surface area contributed by atoms with E-state index in [1.807, 2.05) is 23.7 Å². The van der Waals surface area contributed by atoms with Gasteiger partial charge in [0.05, 0.1) is 21.2 Å². The van der Waals surface area contributed by atoms with E-state index < -0.39 is 10.0 Å². The Kier molecular flexibility index (Phi) is 5.29. The Labute approximate surface area is 177 Å². The summed E-state index contributed by atoms with van der Waals surface area (Å²) in [6.45, 7) is 0. The molecule has 5 rings (SSSR count). The molecule has 1 aliphatic carbocycles. The first kappa shape index (κ1) is 19.7. The lowest BCUT2D eigenvalue weighted by atomic mass is 10.1. The predicted octanol–water partition coefficient (Wildman–Crippen LogP) is 3.64. The van der Waals surface area contributed by atoms with Crippen molar-refractivity contribution >= 4 is 33.0 Å². The van der Waals surface area contributed by atoms with E-state index >= 15 is 0 Å². The first-order chi connectivity index (χ1) is 14.4. The van der Waals surface area contributed by atoms with Gasteiger partial charge in [-0.2, -0.15) is 0 Å². The first-order valence-electron chi connectivity index (χ1n) is 8.68. The zero-order valence-electron chi connectivity index (χ0n) is 15.5. The third kappa shape index (κ3) is 4.21. The largest absolute Gasteiger partial charge is 0.324 e. The van der Waals surface area contributed by atoms with Gasteiger partial charge in [0.1, 0.15) is 0 Å². The van der Waals surface area contributed by atoms with Crippen molar-refractivity contribution in [1.82, 2.24) is 15.0 Å². The van der Waals surface area contributed by atoms with E-state index in [0.717, 1.165) is 16.1 Å². The maximum Gasteiger partial charge on any atom is 0.238 e. The van der Waals surface area contributed by atoms with Crippen molar-refractivity contribution in [3.63, 3.8) is 0 Å². The topological polar surface area (TPSA) is 111 Å². The number of pyridine rings is 1. The predicted molar refractivity (Wildman–Crippen MR) is 118 cm³/mol. The van der Waals surface area contributed by atoms with E-state index in [2.05, 4.69) is 32.3 Å². The number of nitrogens with one attached hydrogen (secondary N) is 1. The summed E-state index contributed by atoms with van der Waals surface area (Å²) >= 11 is 1.51. The van der Waals surface area contributed by atoms with E-state index in [1.165, 1.54) is 34.7 Å². The number of rotatable bonds is 4. The first-order valence-corrected chi connectivity index (χ1v) is 11.1. The van der Waals surface area contributed by atoms with Crippen LogP contribution in [-0.4, -0.2) is 23.4 Å². The molecule has 0 saturated heterocycles. The van der Waals surface area contributed by atoms with Crippen LogP contribution in [0.1, 0.15) is 5.56 Å². The number of primary sulfonamides is 1. The van der Waals surface area contributed by atoms with Gasteiger partial charge in [-0.15, -0.1) is 17.8 Å². The molecule has 0 saturated carbocycles. The second-order valence-electron chi connectivity index (χ2n) is 6.20. The molecule has 0 radical (unpaired) electrons. The van der Waals surface area contributed by atoms with Gasteiger partial charge in [0.25, 0.3) is 0 Å². The van der Waals surface area contributed by atoms with E-state index in [0.29, 0.717) is 11.6 Å². The van der Waals surface area contributed by atoms with Gasteiger partial charge in [-0.3, -0.25) is 4.98 Å². The third-order valence-electron chi connectivity index (χ3n) is 4.21. The fraction of sp³-hybridized carbons (Fsp3) is 0. The summed E-state index contributed by atoms with van der Waals surface area (Å²) in [5, 5.41) is 10.00. The molecule has 0 atom stereocenters. The fourth-order valence-corrected chi connectivity index (χ4v) is 3.92. The second-order valence-corrected chi connectivity index (χ2v) is 8.68. The highest BCUT2D eigenvalue weighted by atomic mass is 32.2. The molecule has 3 aromatic rings. The maximum absolute atomic E-state index is 11.3. The number of hydrogen-bond donors (Lipinski definition) is 2. The van der Waals surface area contributed by atoms with Gasteiger partial charge in [0.15, 0.2) is 0 Å². The van der Waals surface area contributed by atoms with E-state index in [4.69, 9.17) is 11.6 Å². The van der Waals surface area contributed by atoms with Crippen LogP contribution in [-0.2, 0) is 10.0 Å². The molecule has 2 aliphatic rings. The van der Waals surface area contributed by atoms with Crippen molar-refractivity contribution in [2.45, 2.75) is 4.90 Å². The van der Waals surface area contributed by atoms with E-state index in [9.17, 15) is 8.42 Å². The van der Waals surface area contributed by atoms with Gasteiger partial charge in [0.2, 0.25) is 16.0 Å². The zero-order chi connectivity index (χ0) is 21.1. The van der Waals surface area contributed by atoms with E-state index in [-0.39, 0.29) is 4.90 Å². The Bertz CT molecular complexity index is 1320. The Hall–Kier alpha value is -3.58. The van der Waals surface area contributed by atoms with Crippen LogP contribution in [0.4, 0.5) is 11.6 Å². The van der Waals surface area contributed by atoms with Gasteiger partial charge in [-0.1, -0.05) is 5.92 Å². The summed E-state index contributed by atoms with van der Waals surface area (Å²) < 4.78 is 22.5. The number of thiophene rings is 1. The van der Waals surface area contributed by atoms with Crippen LogP contribution in [0.25, 0.3) is 21.8 Å². The summed E-state index contributed by atoms with van der Waals surface area (Å²) in [7, 11) is -3.71. The van der Waals surface area contributed by atoms with Crippen LogP contribution < -0.4 is 10.5 Å². The number of aromatic nitrogens is 3. The minimum Gasteiger partial charge on any atom is -0.324 e. The highest BCUT2D eigenvalue weighted by Crippen LogP contribution is 2.28. The second kappa shape index (κ2) is 8.04. The molecule has 148 valence electrons. The average Bonchev–Trinajstić information content (AvgIpc) is 3.20. The SMILES string of the molecule is C#Cc1ccsc1-c1ccnc(Nc2ccc(S(N)(=O)=O)cc2)n1.c1cc2ncc1-2. The maximum atomic E-state index is 11.3. The molecule has 9 heteroatoms. The minimum atomic E-state index is -3.71. The Morgan fingerprint density at radius 1 is 1.00 bits per heavy atom. The van der Waals surface area contributed by atoms with Crippen LogP contribution >= 0.6 is 11.3 Å². The van der Waals surface area contributed by atoms with Gasteiger partial charge >= 0.3 is 0 Å². The highest BCUT2D eigenvalue weighted by Gasteiger charge is 2.10. The lowest BCUT2D eigenvalue weighted by Crippen LogP contribution is -2.11. The summed E-state index contributed by atoms with van der Waals surface area (Å²) in [6, 6.07) is 13.7. The van der Waals surface area contributed by atoms with E-state index in [1.54, 1.807) is 24.4 Å².